The third-order valence-corrected chi connectivity index (χ3v) is 2.97. The van der Waals surface area contributed by atoms with Crippen LogP contribution in [-0.2, 0) is 11.0 Å². The average molecular weight is 371 g/mol. The number of alkyl halides is 3. The molecule has 1 aromatic rings. The summed E-state index contributed by atoms with van der Waals surface area (Å²) in [5, 5.41) is 21.5. The zero-order chi connectivity index (χ0) is 16.2. The molecule has 0 aliphatic rings. The lowest BCUT2D eigenvalue weighted by Crippen LogP contribution is -2.38. The first-order valence-corrected chi connectivity index (χ1v) is 6.23. The topological polar surface area (TPSA) is 98.7 Å². The number of halogens is 4. The van der Waals surface area contributed by atoms with E-state index in [2.05, 4.69) is 21.2 Å². The lowest BCUT2D eigenvalue weighted by Gasteiger charge is -2.13. The number of carboxylic acids is 1. The molecule has 0 heterocycles. The molecule has 0 spiro atoms. The van der Waals surface area contributed by atoms with E-state index in [4.69, 9.17) is 10.2 Å². The van der Waals surface area contributed by atoms with Gasteiger partial charge >= 0.3 is 18.2 Å². The molecule has 0 radical (unpaired) electrons. The largest absolute Gasteiger partial charge is 0.479 e. The first kappa shape index (κ1) is 17.2. The number of carbonyl (C=O) groups excluding carboxylic acids is 1. The van der Waals surface area contributed by atoms with Crippen LogP contribution in [0.5, 0.6) is 0 Å². The van der Waals surface area contributed by atoms with Crippen LogP contribution in [0.1, 0.15) is 5.56 Å². The predicted octanol–water partition coefficient (Wildman–Crippen LogP) is 2.03. The molecular weight excluding hydrogens is 361 g/mol. The second kappa shape index (κ2) is 6.76. The maximum absolute atomic E-state index is 12.5. The molecule has 0 aliphatic carbocycles. The second-order valence-electron chi connectivity index (χ2n) is 3.88. The summed E-state index contributed by atoms with van der Waals surface area (Å²) in [4.78, 5) is 21.7. The number of hydrogen-bond acceptors (Lipinski definition) is 3. The molecule has 0 bridgehead atoms. The summed E-state index contributed by atoms with van der Waals surface area (Å²) in [5.41, 5.74) is -1.10. The molecule has 0 aromatic heterocycles. The smallest absolute Gasteiger partial charge is 0.416 e. The third-order valence-electron chi connectivity index (χ3n) is 2.28. The van der Waals surface area contributed by atoms with Crippen LogP contribution in [0.25, 0.3) is 0 Å². The van der Waals surface area contributed by atoms with Crippen LogP contribution in [-0.4, -0.2) is 34.9 Å². The molecule has 4 N–H and O–H groups in total. The standard InChI is InChI=1S/C11H10BrF3N2O4/c12-6-2-1-5(11(13,14)15)3-7(6)17-10(21)16-4-8(18)9(19)20/h1-3,8,18H,4H2,(H,19,20)(H2,16,17,21)/t8-/m0/s1. The summed E-state index contributed by atoms with van der Waals surface area (Å²) in [5.74, 6) is -1.53. The molecule has 2 amide bonds. The van der Waals surface area contributed by atoms with E-state index in [0.29, 0.717) is 0 Å². The van der Waals surface area contributed by atoms with Crippen molar-refractivity contribution in [1.82, 2.24) is 5.32 Å². The Bertz CT molecular complexity index is 551. The van der Waals surface area contributed by atoms with Crippen molar-refractivity contribution in [3.8, 4) is 0 Å². The van der Waals surface area contributed by atoms with Gasteiger partial charge in [0.2, 0.25) is 0 Å². The highest BCUT2D eigenvalue weighted by Crippen LogP contribution is 2.33. The Morgan fingerprint density at radius 2 is 1.95 bits per heavy atom. The minimum Gasteiger partial charge on any atom is -0.479 e. The molecule has 0 unspecified atom stereocenters. The summed E-state index contributed by atoms with van der Waals surface area (Å²) in [6, 6.07) is 1.72. The molecule has 0 fully saturated rings. The van der Waals surface area contributed by atoms with Gasteiger partial charge in [0.05, 0.1) is 17.8 Å². The third kappa shape index (κ3) is 5.23. The summed E-state index contributed by atoms with van der Waals surface area (Å²) < 4.78 is 37.8. The summed E-state index contributed by atoms with van der Waals surface area (Å²) in [6.45, 7) is -0.586. The zero-order valence-corrected chi connectivity index (χ0v) is 11.8. The Hall–Kier alpha value is -1.81. The quantitative estimate of drug-likeness (QED) is 0.651. The molecule has 116 valence electrons. The first-order valence-electron chi connectivity index (χ1n) is 5.43. The highest BCUT2D eigenvalue weighted by atomic mass is 79.9. The number of carboxylic acid groups (broad SMARTS) is 1. The first-order chi connectivity index (χ1) is 9.61. The van der Waals surface area contributed by atoms with E-state index in [1.54, 1.807) is 0 Å². The van der Waals surface area contributed by atoms with E-state index in [1.165, 1.54) is 0 Å². The van der Waals surface area contributed by atoms with Crippen LogP contribution in [0.4, 0.5) is 23.7 Å². The van der Waals surface area contributed by atoms with Crippen LogP contribution in [0.2, 0.25) is 0 Å². The Morgan fingerprint density at radius 1 is 1.33 bits per heavy atom. The number of anilines is 1. The monoisotopic (exact) mass is 370 g/mol. The van der Waals surface area contributed by atoms with E-state index in [1.807, 2.05) is 5.32 Å². The van der Waals surface area contributed by atoms with Crippen molar-refractivity contribution in [3.63, 3.8) is 0 Å². The van der Waals surface area contributed by atoms with Crippen molar-refractivity contribution in [1.29, 1.82) is 0 Å². The van der Waals surface area contributed by atoms with Gasteiger partial charge in [-0.15, -0.1) is 0 Å². The number of urea groups is 1. The van der Waals surface area contributed by atoms with Gasteiger partial charge in [0, 0.05) is 4.47 Å². The number of aliphatic carboxylic acids is 1. The van der Waals surface area contributed by atoms with Crippen molar-refractivity contribution in [2.24, 2.45) is 0 Å². The Kier molecular flexibility index (Phi) is 5.55. The molecule has 1 atom stereocenters. The Morgan fingerprint density at radius 3 is 2.48 bits per heavy atom. The van der Waals surface area contributed by atoms with E-state index < -0.39 is 36.4 Å². The fourth-order valence-electron chi connectivity index (χ4n) is 1.24. The van der Waals surface area contributed by atoms with Crippen LogP contribution in [0.15, 0.2) is 22.7 Å². The number of amides is 2. The van der Waals surface area contributed by atoms with E-state index in [-0.39, 0.29) is 10.2 Å². The number of rotatable bonds is 4. The van der Waals surface area contributed by atoms with Crippen molar-refractivity contribution in [2.75, 3.05) is 11.9 Å². The number of aliphatic hydroxyl groups excluding tert-OH is 1. The molecule has 0 aliphatic heterocycles. The SMILES string of the molecule is O=C(NC[C@H](O)C(=O)O)Nc1cc(C(F)(F)F)ccc1Br. The predicted molar refractivity (Wildman–Crippen MR) is 69.8 cm³/mol. The highest BCUT2D eigenvalue weighted by Gasteiger charge is 2.31. The van der Waals surface area contributed by atoms with Gasteiger partial charge < -0.3 is 20.8 Å². The number of hydrogen-bond donors (Lipinski definition) is 4. The molecule has 10 heteroatoms. The molecule has 21 heavy (non-hydrogen) atoms. The van der Waals surface area contributed by atoms with E-state index in [0.717, 1.165) is 18.2 Å². The maximum atomic E-state index is 12.5. The van der Waals surface area contributed by atoms with Gasteiger partial charge in [-0.1, -0.05) is 0 Å². The van der Waals surface area contributed by atoms with Crippen LogP contribution >= 0.6 is 15.9 Å². The van der Waals surface area contributed by atoms with Crippen LogP contribution < -0.4 is 10.6 Å². The number of nitrogens with one attached hydrogen (secondary N) is 2. The zero-order valence-electron chi connectivity index (χ0n) is 10.2. The van der Waals surface area contributed by atoms with Crippen molar-refractivity contribution in [2.45, 2.75) is 12.3 Å². The molecule has 0 saturated carbocycles. The number of aliphatic hydroxyl groups is 1. The van der Waals surface area contributed by atoms with E-state index in [9.17, 15) is 22.8 Å². The van der Waals surface area contributed by atoms with Crippen molar-refractivity contribution < 1.29 is 33.0 Å². The molecule has 6 nitrogen and oxygen atoms in total. The molecule has 0 saturated heterocycles. The molecule has 1 aromatic carbocycles. The van der Waals surface area contributed by atoms with Crippen LogP contribution in [0, 0.1) is 0 Å². The van der Waals surface area contributed by atoms with Gasteiger partial charge in [0.25, 0.3) is 0 Å². The minimum absolute atomic E-state index is 0.146. The molecular formula is C11H10BrF3N2O4. The minimum atomic E-state index is -4.56. The van der Waals surface area contributed by atoms with Gasteiger partial charge in [-0.05, 0) is 34.1 Å². The summed E-state index contributed by atoms with van der Waals surface area (Å²) in [7, 11) is 0. The van der Waals surface area contributed by atoms with Gasteiger partial charge in [-0.3, -0.25) is 0 Å². The van der Waals surface area contributed by atoms with Crippen molar-refractivity contribution >= 4 is 33.6 Å². The molecule has 1 rings (SSSR count). The fourth-order valence-corrected chi connectivity index (χ4v) is 1.59. The Labute approximate surface area is 125 Å². The lowest BCUT2D eigenvalue weighted by atomic mass is 10.2. The highest BCUT2D eigenvalue weighted by molar-refractivity contribution is 9.10. The van der Waals surface area contributed by atoms with Gasteiger partial charge in [-0.2, -0.15) is 13.2 Å². The lowest BCUT2D eigenvalue weighted by molar-refractivity contribution is -0.146. The van der Waals surface area contributed by atoms with E-state index >= 15 is 0 Å². The van der Waals surface area contributed by atoms with Crippen molar-refractivity contribution in [3.05, 3.63) is 28.2 Å². The van der Waals surface area contributed by atoms with Gasteiger partial charge in [0.15, 0.2) is 6.10 Å². The second-order valence-corrected chi connectivity index (χ2v) is 4.74. The van der Waals surface area contributed by atoms with Gasteiger partial charge in [0.1, 0.15) is 0 Å². The average Bonchev–Trinajstić information content (AvgIpc) is 2.37. The van der Waals surface area contributed by atoms with Gasteiger partial charge in [-0.25, -0.2) is 9.59 Å². The van der Waals surface area contributed by atoms with Crippen LogP contribution in [0.3, 0.4) is 0 Å². The summed E-state index contributed by atoms with van der Waals surface area (Å²) >= 11 is 2.98. The normalized spacial score (nSPS) is 12.6. The maximum Gasteiger partial charge on any atom is 0.416 e. The number of carbonyl (C=O) groups is 2. The number of benzene rings is 1. The summed E-state index contributed by atoms with van der Waals surface area (Å²) in [6.07, 6.45) is -6.37. The fraction of sp³-hybridized carbons (Fsp3) is 0.273. The Balaban J connectivity index is 2.74.